The van der Waals surface area contributed by atoms with Crippen LogP contribution in [0.3, 0.4) is 0 Å². The number of benzene rings is 4. The monoisotopic (exact) mass is 500 g/mol. The Morgan fingerprint density at radius 1 is 0.556 bits per heavy atom. The van der Waals surface area contributed by atoms with Crippen LogP contribution in [-0.2, 0) is 10.1 Å². The molecule has 0 spiro atoms. The van der Waals surface area contributed by atoms with Gasteiger partial charge in [-0.3, -0.25) is 4.55 Å². The average molecular weight is 501 g/mol. The molecule has 0 aliphatic carbocycles. The first-order valence-corrected chi connectivity index (χ1v) is 12.0. The van der Waals surface area contributed by atoms with Crippen LogP contribution in [0.2, 0.25) is 0 Å². The van der Waals surface area contributed by atoms with Crippen LogP contribution in [0.5, 0.6) is 11.5 Å². The molecule has 0 atom stereocenters. The number of hydrogen-bond donors (Lipinski definition) is 3. The summed E-state index contributed by atoms with van der Waals surface area (Å²) in [5, 5.41) is 34.8. The van der Waals surface area contributed by atoms with Gasteiger partial charge in [0.15, 0.2) is 0 Å². The lowest BCUT2D eigenvalue weighted by Crippen LogP contribution is -1.98. The fraction of sp³-hybridized carbons (Fsp3) is 0. The summed E-state index contributed by atoms with van der Waals surface area (Å²) in [6, 6.07) is 23.8. The van der Waals surface area contributed by atoms with E-state index in [1.807, 2.05) is 12.1 Å². The maximum Gasteiger partial charge on any atom is 0.296 e. The molecule has 0 aromatic heterocycles. The van der Waals surface area contributed by atoms with Crippen molar-refractivity contribution < 1.29 is 23.2 Å². The van der Waals surface area contributed by atoms with Gasteiger partial charge >= 0.3 is 0 Å². The first-order chi connectivity index (χ1) is 17.3. The maximum atomic E-state index is 11.9. The van der Waals surface area contributed by atoms with Gasteiger partial charge in [0.05, 0.1) is 17.1 Å². The predicted octanol–water partition coefficient (Wildman–Crippen LogP) is 7.35. The quantitative estimate of drug-likeness (QED) is 0.138. The predicted molar refractivity (Wildman–Crippen MR) is 136 cm³/mol. The largest absolute Gasteiger partial charge is 0.508 e. The Morgan fingerprint density at radius 3 is 1.47 bits per heavy atom. The molecule has 4 aromatic carbocycles. The third kappa shape index (κ3) is 6.69. The van der Waals surface area contributed by atoms with Gasteiger partial charge in [-0.05, 0) is 83.9 Å². The van der Waals surface area contributed by atoms with Crippen molar-refractivity contribution in [3.8, 4) is 11.5 Å². The molecule has 36 heavy (non-hydrogen) atoms. The van der Waals surface area contributed by atoms with Crippen LogP contribution in [0.1, 0.15) is 11.1 Å². The van der Waals surface area contributed by atoms with Crippen LogP contribution < -0.4 is 0 Å². The van der Waals surface area contributed by atoms with Gasteiger partial charge in [0.2, 0.25) is 0 Å². The Balaban J connectivity index is 1.50. The molecule has 3 N–H and O–H groups in total. The smallest absolute Gasteiger partial charge is 0.296 e. The zero-order chi connectivity index (χ0) is 25.5. The van der Waals surface area contributed by atoms with E-state index in [-0.39, 0.29) is 22.1 Å². The van der Waals surface area contributed by atoms with Gasteiger partial charge in [-0.1, -0.05) is 30.4 Å². The highest BCUT2D eigenvalue weighted by Gasteiger charge is 2.16. The SMILES string of the molecule is O=S(=O)(O)c1cc(/C=C/c2ccc(N=Nc3ccc(O)cc3)cc2)ccc1N=Nc1ccc(O)cc1. The third-order valence-corrected chi connectivity index (χ3v) is 5.76. The van der Waals surface area contributed by atoms with E-state index in [0.717, 1.165) is 5.56 Å². The zero-order valence-electron chi connectivity index (χ0n) is 18.7. The van der Waals surface area contributed by atoms with Gasteiger partial charge < -0.3 is 10.2 Å². The van der Waals surface area contributed by atoms with Crippen LogP contribution in [0.15, 0.2) is 116 Å². The molecule has 0 saturated carbocycles. The standard InChI is InChI=1S/C26H20N4O5S/c31-23-12-8-21(9-13-23)28-27-20-6-3-18(4-7-20)1-2-19-5-16-25(26(17-19)36(33,34)35)30-29-22-10-14-24(32)15-11-22/h1-17,31-32H,(H,33,34,35)/b2-1+,28-27?,30-29?. The molecular formula is C26H20N4O5S. The summed E-state index contributed by atoms with van der Waals surface area (Å²) in [5.74, 6) is 0.221. The number of phenols is 2. The molecule has 4 aromatic rings. The second-order valence-corrected chi connectivity index (χ2v) is 8.95. The van der Waals surface area contributed by atoms with Crippen LogP contribution >= 0.6 is 0 Å². The van der Waals surface area contributed by atoms with E-state index in [9.17, 15) is 23.2 Å². The summed E-state index contributed by atoms with van der Waals surface area (Å²) in [4.78, 5) is -0.378. The molecule has 9 nitrogen and oxygen atoms in total. The van der Waals surface area contributed by atoms with Crippen molar-refractivity contribution in [3.05, 3.63) is 102 Å². The molecule has 0 amide bonds. The minimum absolute atomic E-state index is 0.0222. The van der Waals surface area contributed by atoms with E-state index < -0.39 is 10.1 Å². The van der Waals surface area contributed by atoms with Crippen molar-refractivity contribution in [1.82, 2.24) is 0 Å². The molecule has 0 bridgehead atoms. The van der Waals surface area contributed by atoms with E-state index in [1.54, 1.807) is 42.5 Å². The van der Waals surface area contributed by atoms with Crippen LogP contribution in [-0.4, -0.2) is 23.2 Å². The number of azo groups is 2. The molecule has 0 heterocycles. The summed E-state index contributed by atoms with van der Waals surface area (Å²) >= 11 is 0. The molecule has 0 unspecified atom stereocenters. The molecule has 0 fully saturated rings. The van der Waals surface area contributed by atoms with Crippen molar-refractivity contribution >= 4 is 45.0 Å². The molecule has 0 aliphatic heterocycles. The first-order valence-electron chi connectivity index (χ1n) is 10.6. The molecule has 0 saturated heterocycles. The lowest BCUT2D eigenvalue weighted by Gasteiger charge is -2.04. The van der Waals surface area contributed by atoms with E-state index in [4.69, 9.17) is 0 Å². The lowest BCUT2D eigenvalue weighted by atomic mass is 10.1. The second kappa shape index (κ2) is 10.7. The van der Waals surface area contributed by atoms with Crippen molar-refractivity contribution in [2.45, 2.75) is 4.90 Å². The Labute approximate surface area is 207 Å². The van der Waals surface area contributed by atoms with Crippen molar-refractivity contribution in [2.75, 3.05) is 0 Å². The fourth-order valence-electron chi connectivity index (χ4n) is 3.03. The zero-order valence-corrected chi connectivity index (χ0v) is 19.5. The van der Waals surface area contributed by atoms with E-state index in [2.05, 4.69) is 20.5 Å². The minimum Gasteiger partial charge on any atom is -0.508 e. The number of rotatable bonds is 7. The van der Waals surface area contributed by atoms with Crippen molar-refractivity contribution in [3.63, 3.8) is 0 Å². The minimum atomic E-state index is -4.55. The molecule has 10 heteroatoms. The Hall–Kier alpha value is -4.67. The summed E-state index contributed by atoms with van der Waals surface area (Å²) in [6.07, 6.45) is 3.48. The number of phenolic OH excluding ortho intramolecular Hbond substituents is 2. The molecule has 4 rings (SSSR count). The molecule has 180 valence electrons. The van der Waals surface area contributed by atoms with Gasteiger partial charge in [0, 0.05) is 0 Å². The van der Waals surface area contributed by atoms with Gasteiger partial charge in [0.1, 0.15) is 22.1 Å². The highest BCUT2D eigenvalue weighted by atomic mass is 32.2. The average Bonchev–Trinajstić information content (AvgIpc) is 2.87. The highest BCUT2D eigenvalue weighted by Crippen LogP contribution is 2.29. The van der Waals surface area contributed by atoms with Crippen molar-refractivity contribution in [2.24, 2.45) is 20.5 Å². The van der Waals surface area contributed by atoms with E-state index in [1.165, 1.54) is 48.5 Å². The molecule has 0 aliphatic rings. The second-order valence-electron chi connectivity index (χ2n) is 7.56. The van der Waals surface area contributed by atoms with Crippen LogP contribution in [0.25, 0.3) is 12.2 Å². The summed E-state index contributed by atoms with van der Waals surface area (Å²) in [6.45, 7) is 0. The third-order valence-electron chi connectivity index (χ3n) is 4.88. The summed E-state index contributed by atoms with van der Waals surface area (Å²) in [5.41, 5.74) is 3.00. The normalized spacial score (nSPS) is 12.1. The van der Waals surface area contributed by atoms with Crippen LogP contribution in [0.4, 0.5) is 22.7 Å². The van der Waals surface area contributed by atoms with E-state index >= 15 is 0 Å². The Bertz CT molecular complexity index is 1550. The molecule has 0 radical (unpaired) electrons. The first kappa shape index (κ1) is 24.5. The Kier molecular flexibility index (Phi) is 7.28. The molecular weight excluding hydrogens is 480 g/mol. The van der Waals surface area contributed by atoms with Crippen molar-refractivity contribution in [1.29, 1.82) is 0 Å². The van der Waals surface area contributed by atoms with Gasteiger partial charge in [-0.15, -0.1) is 5.11 Å². The topological polar surface area (TPSA) is 144 Å². The number of nitrogens with zero attached hydrogens (tertiary/aromatic N) is 4. The lowest BCUT2D eigenvalue weighted by molar-refractivity contribution is 0.475. The Morgan fingerprint density at radius 2 is 0.972 bits per heavy atom. The van der Waals surface area contributed by atoms with Gasteiger partial charge in [-0.25, -0.2) is 0 Å². The maximum absolute atomic E-state index is 11.9. The highest BCUT2D eigenvalue weighted by molar-refractivity contribution is 7.86. The van der Waals surface area contributed by atoms with Gasteiger partial charge in [-0.2, -0.15) is 23.8 Å². The van der Waals surface area contributed by atoms with E-state index in [0.29, 0.717) is 22.6 Å². The number of aromatic hydroxyl groups is 2. The number of hydrogen-bond acceptors (Lipinski definition) is 8. The van der Waals surface area contributed by atoms with Gasteiger partial charge in [0.25, 0.3) is 10.1 Å². The van der Waals surface area contributed by atoms with Crippen LogP contribution in [0, 0.1) is 0 Å². The summed E-state index contributed by atoms with van der Waals surface area (Å²) in [7, 11) is -4.55. The fourth-order valence-corrected chi connectivity index (χ4v) is 3.69. The summed E-state index contributed by atoms with van der Waals surface area (Å²) < 4.78 is 33.5.